The van der Waals surface area contributed by atoms with E-state index in [0.717, 1.165) is 10.0 Å². The van der Waals surface area contributed by atoms with Crippen LogP contribution in [0.3, 0.4) is 0 Å². The second-order valence-electron chi connectivity index (χ2n) is 3.15. The molecule has 0 radical (unpaired) electrons. The zero-order chi connectivity index (χ0) is 9.84. The van der Waals surface area contributed by atoms with Crippen molar-refractivity contribution in [2.75, 3.05) is 6.54 Å². The van der Waals surface area contributed by atoms with Crippen molar-refractivity contribution in [2.24, 2.45) is 5.73 Å². The van der Waals surface area contributed by atoms with Crippen LogP contribution in [0.15, 0.2) is 28.7 Å². The first-order valence-electron chi connectivity index (χ1n) is 4.28. The van der Waals surface area contributed by atoms with Crippen LogP contribution in [0, 0.1) is 0 Å². The highest BCUT2D eigenvalue weighted by atomic mass is 79.9. The zero-order valence-corrected chi connectivity index (χ0v) is 9.16. The van der Waals surface area contributed by atoms with Crippen LogP contribution in [0.5, 0.6) is 0 Å². The summed E-state index contributed by atoms with van der Waals surface area (Å²) in [6.07, 6.45) is -0.464. The van der Waals surface area contributed by atoms with Gasteiger partial charge in [-0.05, 0) is 17.7 Å². The molecule has 3 N–H and O–H groups in total. The van der Waals surface area contributed by atoms with Gasteiger partial charge in [-0.3, -0.25) is 0 Å². The van der Waals surface area contributed by atoms with Gasteiger partial charge in [0.15, 0.2) is 0 Å². The van der Waals surface area contributed by atoms with Crippen LogP contribution < -0.4 is 5.73 Å². The lowest BCUT2D eigenvalue weighted by atomic mass is 9.96. The van der Waals surface area contributed by atoms with Gasteiger partial charge in [0.2, 0.25) is 0 Å². The third-order valence-electron chi connectivity index (χ3n) is 2.19. The average Bonchev–Trinajstić information content (AvgIpc) is 2.15. The third kappa shape index (κ3) is 2.79. The number of aliphatic hydroxyl groups excluding tert-OH is 1. The van der Waals surface area contributed by atoms with Crippen molar-refractivity contribution in [1.29, 1.82) is 0 Å². The molecule has 0 heterocycles. The molecule has 1 aromatic carbocycles. The molecule has 13 heavy (non-hydrogen) atoms. The number of hydrogen-bond donors (Lipinski definition) is 2. The minimum absolute atomic E-state index is 0.0856. The largest absolute Gasteiger partial charge is 0.391 e. The van der Waals surface area contributed by atoms with Crippen molar-refractivity contribution in [2.45, 2.75) is 18.9 Å². The van der Waals surface area contributed by atoms with E-state index in [9.17, 15) is 5.11 Å². The Balaban J connectivity index is 2.82. The molecule has 0 aliphatic rings. The van der Waals surface area contributed by atoms with Crippen molar-refractivity contribution < 1.29 is 5.11 Å². The van der Waals surface area contributed by atoms with Crippen LogP contribution >= 0.6 is 15.9 Å². The van der Waals surface area contributed by atoms with Crippen LogP contribution in [0.2, 0.25) is 0 Å². The molecule has 0 bridgehead atoms. The van der Waals surface area contributed by atoms with Gasteiger partial charge in [0, 0.05) is 16.9 Å². The first-order chi connectivity index (χ1) is 6.15. The van der Waals surface area contributed by atoms with Crippen molar-refractivity contribution in [3.05, 3.63) is 34.3 Å². The molecular weight excluding hydrogens is 230 g/mol. The van der Waals surface area contributed by atoms with Gasteiger partial charge in [0.05, 0.1) is 6.10 Å². The summed E-state index contributed by atoms with van der Waals surface area (Å²) >= 11 is 3.39. The first kappa shape index (κ1) is 10.7. The van der Waals surface area contributed by atoms with Gasteiger partial charge < -0.3 is 10.8 Å². The second-order valence-corrected chi connectivity index (χ2v) is 4.06. The Hall–Kier alpha value is -0.380. The first-order valence-corrected chi connectivity index (χ1v) is 5.08. The Labute approximate surface area is 86.9 Å². The summed E-state index contributed by atoms with van der Waals surface area (Å²) in [4.78, 5) is 0. The molecule has 0 fully saturated rings. The van der Waals surface area contributed by atoms with E-state index in [2.05, 4.69) is 15.9 Å². The topological polar surface area (TPSA) is 46.2 Å². The quantitative estimate of drug-likeness (QED) is 0.852. The minimum Gasteiger partial charge on any atom is -0.391 e. The number of benzene rings is 1. The maximum atomic E-state index is 9.53. The fourth-order valence-corrected chi connectivity index (χ4v) is 1.63. The van der Waals surface area contributed by atoms with Crippen molar-refractivity contribution in [1.82, 2.24) is 0 Å². The van der Waals surface area contributed by atoms with Gasteiger partial charge in [-0.25, -0.2) is 0 Å². The Bertz CT molecular complexity index is 277. The lowest BCUT2D eigenvalue weighted by Crippen LogP contribution is -2.25. The Morgan fingerprint density at radius 3 is 2.77 bits per heavy atom. The van der Waals surface area contributed by atoms with E-state index < -0.39 is 6.10 Å². The standard InChI is InChI=1S/C10H14BrNO/c1-7(10(13)6-12)8-3-2-4-9(11)5-8/h2-5,7,10,13H,6,12H2,1H3. The van der Waals surface area contributed by atoms with Gasteiger partial charge in [0.1, 0.15) is 0 Å². The summed E-state index contributed by atoms with van der Waals surface area (Å²) in [6, 6.07) is 7.92. The van der Waals surface area contributed by atoms with Crippen molar-refractivity contribution >= 4 is 15.9 Å². The van der Waals surface area contributed by atoms with Crippen LogP contribution in [-0.2, 0) is 0 Å². The van der Waals surface area contributed by atoms with E-state index in [4.69, 9.17) is 5.73 Å². The summed E-state index contributed by atoms with van der Waals surface area (Å²) in [5, 5.41) is 9.53. The fraction of sp³-hybridized carbons (Fsp3) is 0.400. The number of nitrogens with two attached hydrogens (primary N) is 1. The molecular formula is C10H14BrNO. The molecule has 0 aliphatic heterocycles. The average molecular weight is 244 g/mol. The molecule has 0 aromatic heterocycles. The predicted molar refractivity (Wildman–Crippen MR) is 57.6 cm³/mol. The summed E-state index contributed by atoms with van der Waals surface area (Å²) in [5.41, 5.74) is 6.49. The molecule has 0 saturated carbocycles. The third-order valence-corrected chi connectivity index (χ3v) is 2.69. The van der Waals surface area contributed by atoms with E-state index in [1.807, 2.05) is 31.2 Å². The van der Waals surface area contributed by atoms with Gasteiger partial charge in [-0.1, -0.05) is 35.0 Å². The fourth-order valence-electron chi connectivity index (χ4n) is 1.22. The molecule has 0 aliphatic carbocycles. The van der Waals surface area contributed by atoms with E-state index >= 15 is 0 Å². The molecule has 0 saturated heterocycles. The van der Waals surface area contributed by atoms with Gasteiger partial charge in [0.25, 0.3) is 0 Å². The number of hydrogen-bond acceptors (Lipinski definition) is 2. The highest BCUT2D eigenvalue weighted by molar-refractivity contribution is 9.10. The molecule has 1 rings (SSSR count). The number of rotatable bonds is 3. The summed E-state index contributed by atoms with van der Waals surface area (Å²) in [5.74, 6) is 0.0856. The highest BCUT2D eigenvalue weighted by Crippen LogP contribution is 2.21. The second kappa shape index (κ2) is 4.74. The molecule has 2 unspecified atom stereocenters. The van der Waals surface area contributed by atoms with E-state index in [1.54, 1.807) is 0 Å². The lowest BCUT2D eigenvalue weighted by molar-refractivity contribution is 0.157. The van der Waals surface area contributed by atoms with E-state index in [1.165, 1.54) is 0 Å². The van der Waals surface area contributed by atoms with Crippen molar-refractivity contribution in [3.63, 3.8) is 0 Å². The monoisotopic (exact) mass is 243 g/mol. The maximum absolute atomic E-state index is 9.53. The van der Waals surface area contributed by atoms with E-state index in [-0.39, 0.29) is 5.92 Å². The summed E-state index contributed by atoms with van der Waals surface area (Å²) in [6.45, 7) is 2.27. The Kier molecular flexibility index (Phi) is 3.90. The predicted octanol–water partition coefficient (Wildman–Crippen LogP) is 1.87. The van der Waals surface area contributed by atoms with Crippen LogP contribution in [0.1, 0.15) is 18.4 Å². The molecule has 0 amide bonds. The zero-order valence-electron chi connectivity index (χ0n) is 7.57. The van der Waals surface area contributed by atoms with Crippen LogP contribution in [0.4, 0.5) is 0 Å². The summed E-state index contributed by atoms with van der Waals surface area (Å²) in [7, 11) is 0. The van der Waals surface area contributed by atoms with Gasteiger partial charge in [-0.15, -0.1) is 0 Å². The van der Waals surface area contributed by atoms with E-state index in [0.29, 0.717) is 6.54 Å². The SMILES string of the molecule is CC(c1cccc(Br)c1)C(O)CN. The maximum Gasteiger partial charge on any atom is 0.0728 e. The molecule has 2 nitrogen and oxygen atoms in total. The Morgan fingerprint density at radius 2 is 2.23 bits per heavy atom. The lowest BCUT2D eigenvalue weighted by Gasteiger charge is -2.17. The molecule has 2 atom stereocenters. The van der Waals surface area contributed by atoms with Gasteiger partial charge in [-0.2, -0.15) is 0 Å². The Morgan fingerprint density at radius 1 is 1.54 bits per heavy atom. The number of halogens is 1. The molecule has 0 spiro atoms. The highest BCUT2D eigenvalue weighted by Gasteiger charge is 2.14. The number of aliphatic hydroxyl groups is 1. The summed E-state index contributed by atoms with van der Waals surface area (Å²) < 4.78 is 1.03. The molecule has 1 aromatic rings. The van der Waals surface area contributed by atoms with Crippen LogP contribution in [0.25, 0.3) is 0 Å². The minimum atomic E-state index is -0.464. The molecule has 3 heteroatoms. The normalized spacial score (nSPS) is 15.4. The molecule has 72 valence electrons. The van der Waals surface area contributed by atoms with Crippen molar-refractivity contribution in [3.8, 4) is 0 Å². The smallest absolute Gasteiger partial charge is 0.0728 e. The van der Waals surface area contributed by atoms with Gasteiger partial charge >= 0.3 is 0 Å². The van der Waals surface area contributed by atoms with Crippen LogP contribution in [-0.4, -0.2) is 17.8 Å².